The summed E-state index contributed by atoms with van der Waals surface area (Å²) < 4.78 is 10.8. The number of ketones is 1. The summed E-state index contributed by atoms with van der Waals surface area (Å²) >= 11 is 5.91. The summed E-state index contributed by atoms with van der Waals surface area (Å²) in [7, 11) is 0. The van der Waals surface area contributed by atoms with Crippen molar-refractivity contribution in [3.05, 3.63) is 40.4 Å². The van der Waals surface area contributed by atoms with Gasteiger partial charge in [0.2, 0.25) is 0 Å². The molecule has 0 saturated heterocycles. The van der Waals surface area contributed by atoms with Crippen molar-refractivity contribution in [3.8, 4) is 5.75 Å². The number of fused-ring (bicyclic) bond motifs is 2. The number of halogens is 1. The maximum Gasteiger partial charge on any atom is 0.337 e. The van der Waals surface area contributed by atoms with Gasteiger partial charge in [-0.15, -0.1) is 0 Å². The van der Waals surface area contributed by atoms with Gasteiger partial charge < -0.3 is 9.47 Å². The largest absolute Gasteiger partial charge is 0.484 e. The Labute approximate surface area is 121 Å². The Kier molecular flexibility index (Phi) is 3.26. The van der Waals surface area contributed by atoms with Gasteiger partial charge in [0.1, 0.15) is 11.9 Å². The molecule has 0 N–H and O–H groups in total. The molecule has 5 heteroatoms. The molecular weight excluding hydrogens is 280 g/mol. The molecule has 4 nitrogen and oxygen atoms in total. The molecule has 20 heavy (non-hydrogen) atoms. The molecule has 104 valence electrons. The number of carbonyl (C=O) groups is 2. The van der Waals surface area contributed by atoms with Crippen molar-refractivity contribution < 1.29 is 19.1 Å². The fourth-order valence-electron chi connectivity index (χ4n) is 2.65. The standard InChI is InChI=1S/C15H13ClO4/c1-2-19-15(18)10-5-4-9-13(17)11-7-8(16)3-6-12(11)20-14(9)10/h3,5-7,9,14H,2,4H2,1H3/t9-,14-/m0/s1. The second-order valence-electron chi connectivity index (χ2n) is 4.77. The van der Waals surface area contributed by atoms with Gasteiger partial charge in [0.05, 0.1) is 23.7 Å². The van der Waals surface area contributed by atoms with Crippen LogP contribution in [0.15, 0.2) is 29.8 Å². The Bertz CT molecular complexity index is 620. The molecule has 1 aliphatic carbocycles. The number of esters is 1. The van der Waals surface area contributed by atoms with E-state index in [1.54, 1.807) is 31.2 Å². The molecule has 1 aromatic rings. The SMILES string of the molecule is CCOC(=O)C1=CC[C@H]2C(=O)c3cc(Cl)ccc3O[C@H]12. The van der Waals surface area contributed by atoms with Gasteiger partial charge in [-0.05, 0) is 31.5 Å². The van der Waals surface area contributed by atoms with E-state index in [1.807, 2.05) is 0 Å². The predicted octanol–water partition coefficient (Wildman–Crippen LogP) is 2.79. The van der Waals surface area contributed by atoms with Crippen molar-refractivity contribution in [3.63, 3.8) is 0 Å². The van der Waals surface area contributed by atoms with Crippen LogP contribution in [0.5, 0.6) is 5.75 Å². The molecule has 1 heterocycles. The summed E-state index contributed by atoms with van der Waals surface area (Å²) in [6, 6.07) is 4.93. The first-order valence-electron chi connectivity index (χ1n) is 6.49. The molecule has 0 bridgehead atoms. The summed E-state index contributed by atoms with van der Waals surface area (Å²) in [6.07, 6.45) is 1.68. The van der Waals surface area contributed by atoms with E-state index < -0.39 is 12.1 Å². The van der Waals surface area contributed by atoms with Crippen LogP contribution in [-0.2, 0) is 9.53 Å². The highest BCUT2D eigenvalue weighted by Gasteiger charge is 2.44. The lowest BCUT2D eigenvalue weighted by Crippen LogP contribution is -2.37. The zero-order valence-corrected chi connectivity index (χ0v) is 11.6. The number of carbonyl (C=O) groups excluding carboxylic acids is 2. The van der Waals surface area contributed by atoms with E-state index >= 15 is 0 Å². The number of benzene rings is 1. The second-order valence-corrected chi connectivity index (χ2v) is 5.20. The molecule has 0 spiro atoms. The van der Waals surface area contributed by atoms with Crippen LogP contribution in [0.1, 0.15) is 23.7 Å². The maximum atomic E-state index is 12.5. The van der Waals surface area contributed by atoms with Crippen LogP contribution in [0.2, 0.25) is 5.02 Å². The lowest BCUT2D eigenvalue weighted by molar-refractivity contribution is -0.139. The molecule has 1 aliphatic heterocycles. The van der Waals surface area contributed by atoms with Gasteiger partial charge in [0.25, 0.3) is 0 Å². The fraction of sp³-hybridized carbons (Fsp3) is 0.333. The molecule has 0 fully saturated rings. The molecule has 2 atom stereocenters. The number of allylic oxidation sites excluding steroid dienone is 1. The number of hydrogen-bond acceptors (Lipinski definition) is 4. The summed E-state index contributed by atoms with van der Waals surface area (Å²) in [5.74, 6) is -0.336. The van der Waals surface area contributed by atoms with Crippen molar-refractivity contribution in [2.75, 3.05) is 6.61 Å². The van der Waals surface area contributed by atoms with E-state index in [-0.39, 0.29) is 11.7 Å². The molecule has 2 aliphatic rings. The number of Topliss-reactive ketones (excluding diaryl/α,β-unsaturated/α-hetero) is 1. The lowest BCUT2D eigenvalue weighted by Gasteiger charge is -2.29. The van der Waals surface area contributed by atoms with Gasteiger partial charge in [0, 0.05) is 5.02 Å². The molecule has 0 unspecified atom stereocenters. The quantitative estimate of drug-likeness (QED) is 0.787. The lowest BCUT2D eigenvalue weighted by atomic mass is 9.89. The highest BCUT2D eigenvalue weighted by atomic mass is 35.5. The zero-order valence-electron chi connectivity index (χ0n) is 10.9. The third-order valence-corrected chi connectivity index (χ3v) is 3.81. The first-order valence-corrected chi connectivity index (χ1v) is 6.87. The molecule has 0 amide bonds. The van der Waals surface area contributed by atoms with Gasteiger partial charge in [-0.1, -0.05) is 17.7 Å². The van der Waals surface area contributed by atoms with Gasteiger partial charge in [0.15, 0.2) is 5.78 Å². The third kappa shape index (κ3) is 2.00. The Morgan fingerprint density at radius 1 is 1.50 bits per heavy atom. The zero-order chi connectivity index (χ0) is 14.3. The van der Waals surface area contributed by atoms with Crippen LogP contribution < -0.4 is 4.74 Å². The van der Waals surface area contributed by atoms with Gasteiger partial charge in [-0.2, -0.15) is 0 Å². The Morgan fingerprint density at radius 2 is 2.30 bits per heavy atom. The first-order chi connectivity index (χ1) is 9.61. The Balaban J connectivity index is 1.93. The van der Waals surface area contributed by atoms with Crippen molar-refractivity contribution >= 4 is 23.4 Å². The molecular formula is C15H13ClO4. The first kappa shape index (κ1) is 13.2. The van der Waals surface area contributed by atoms with Crippen LogP contribution in [0.3, 0.4) is 0 Å². The van der Waals surface area contributed by atoms with E-state index in [1.165, 1.54) is 0 Å². The molecule has 0 aromatic heterocycles. The average molecular weight is 293 g/mol. The van der Waals surface area contributed by atoms with E-state index in [0.29, 0.717) is 34.9 Å². The van der Waals surface area contributed by atoms with Crippen LogP contribution >= 0.6 is 11.6 Å². The van der Waals surface area contributed by atoms with E-state index in [0.717, 1.165) is 0 Å². The summed E-state index contributed by atoms with van der Waals surface area (Å²) in [5.41, 5.74) is 0.919. The molecule has 0 radical (unpaired) electrons. The van der Waals surface area contributed by atoms with E-state index in [2.05, 4.69) is 0 Å². The number of ether oxygens (including phenoxy) is 2. The van der Waals surface area contributed by atoms with Crippen molar-refractivity contribution in [2.45, 2.75) is 19.4 Å². The predicted molar refractivity (Wildman–Crippen MR) is 73.0 cm³/mol. The van der Waals surface area contributed by atoms with Crippen LogP contribution in [0.4, 0.5) is 0 Å². The second kappa shape index (κ2) is 4.94. The molecule has 3 rings (SSSR count). The minimum atomic E-state index is -0.546. The summed E-state index contributed by atoms with van der Waals surface area (Å²) in [6.45, 7) is 2.04. The van der Waals surface area contributed by atoms with E-state index in [4.69, 9.17) is 21.1 Å². The van der Waals surface area contributed by atoms with Gasteiger partial charge in [-0.25, -0.2) is 4.79 Å². The van der Waals surface area contributed by atoms with Crippen LogP contribution in [-0.4, -0.2) is 24.5 Å². The van der Waals surface area contributed by atoms with Gasteiger partial charge >= 0.3 is 5.97 Å². The Hall–Kier alpha value is -1.81. The fourth-order valence-corrected chi connectivity index (χ4v) is 2.82. The highest BCUT2D eigenvalue weighted by Crippen LogP contribution is 2.40. The smallest absolute Gasteiger partial charge is 0.337 e. The Morgan fingerprint density at radius 3 is 3.05 bits per heavy atom. The minimum absolute atomic E-state index is 0.0331. The minimum Gasteiger partial charge on any atom is -0.484 e. The monoisotopic (exact) mass is 292 g/mol. The average Bonchev–Trinajstić information content (AvgIpc) is 2.84. The van der Waals surface area contributed by atoms with Crippen molar-refractivity contribution in [2.24, 2.45) is 5.92 Å². The van der Waals surface area contributed by atoms with E-state index in [9.17, 15) is 9.59 Å². The number of hydrogen-bond donors (Lipinski definition) is 0. The third-order valence-electron chi connectivity index (χ3n) is 3.57. The topological polar surface area (TPSA) is 52.6 Å². The van der Waals surface area contributed by atoms with Gasteiger partial charge in [-0.3, -0.25) is 4.79 Å². The van der Waals surface area contributed by atoms with Crippen molar-refractivity contribution in [1.82, 2.24) is 0 Å². The number of rotatable bonds is 2. The van der Waals surface area contributed by atoms with Crippen LogP contribution in [0, 0.1) is 5.92 Å². The summed E-state index contributed by atoms with van der Waals surface area (Å²) in [5, 5.41) is 0.496. The molecule has 1 aromatic carbocycles. The molecule has 0 saturated carbocycles. The highest BCUT2D eigenvalue weighted by molar-refractivity contribution is 6.31. The van der Waals surface area contributed by atoms with Crippen LogP contribution in [0.25, 0.3) is 0 Å². The summed E-state index contributed by atoms with van der Waals surface area (Å²) in [4.78, 5) is 24.3. The maximum absolute atomic E-state index is 12.5. The normalized spacial score (nSPS) is 23.5. The van der Waals surface area contributed by atoms with Crippen molar-refractivity contribution in [1.29, 1.82) is 0 Å².